The molecule has 136 valence electrons. The zero-order chi connectivity index (χ0) is 19.0. The van der Waals surface area contributed by atoms with Crippen molar-refractivity contribution in [3.05, 3.63) is 58.8 Å². The normalized spacial score (nSPS) is 20.6. The molecule has 27 heavy (non-hydrogen) atoms. The van der Waals surface area contributed by atoms with Crippen LogP contribution >= 0.6 is 0 Å². The van der Waals surface area contributed by atoms with Crippen LogP contribution < -0.4 is 0 Å². The van der Waals surface area contributed by atoms with Crippen LogP contribution in [-0.2, 0) is 30.4 Å². The van der Waals surface area contributed by atoms with Crippen LogP contribution in [0, 0.1) is 0 Å². The number of amides is 1. The van der Waals surface area contributed by atoms with E-state index >= 15 is 0 Å². The smallest absolute Gasteiger partial charge is 0.352 e. The summed E-state index contributed by atoms with van der Waals surface area (Å²) in [4.78, 5) is 40.7. The first-order chi connectivity index (χ1) is 13.1. The van der Waals surface area contributed by atoms with Gasteiger partial charge in [-0.25, -0.2) is 9.78 Å². The summed E-state index contributed by atoms with van der Waals surface area (Å²) in [6.07, 6.45) is 1.26. The molecule has 7 heteroatoms. The number of carbonyl (C=O) groups is 3. The van der Waals surface area contributed by atoms with Crippen LogP contribution in [0.3, 0.4) is 0 Å². The molecule has 1 aromatic carbocycles. The van der Waals surface area contributed by atoms with E-state index in [2.05, 4.69) is 0 Å². The second kappa shape index (κ2) is 6.68. The average molecular weight is 364 g/mol. The number of hydrogen-bond acceptors (Lipinski definition) is 6. The monoisotopic (exact) mass is 364 g/mol. The van der Waals surface area contributed by atoms with E-state index in [1.807, 2.05) is 30.3 Å². The van der Waals surface area contributed by atoms with Crippen LogP contribution in [0.4, 0.5) is 0 Å². The number of pyridine rings is 1. The van der Waals surface area contributed by atoms with E-state index in [0.29, 0.717) is 23.5 Å². The Morgan fingerprint density at radius 3 is 2.89 bits per heavy atom. The Hall–Kier alpha value is -3.48. The largest absolute Gasteiger partial charge is 0.458 e. The third kappa shape index (κ3) is 2.87. The number of ether oxygens (including phenoxy) is 2. The number of para-hydroxylation sites is 1. The standard InChI is InChI=1S/C20H16N2O5/c1-12-9-26-20(25)19(27-11-24)15(12)7-17-18-14(8-22(17)10-23)6-13-4-2-3-5-16(13)21-18/h2-7,10-11,19H,8-9H2,1H3/b17-7-. The third-order valence-electron chi connectivity index (χ3n) is 4.73. The fourth-order valence-corrected chi connectivity index (χ4v) is 3.37. The van der Waals surface area contributed by atoms with Gasteiger partial charge in [-0.2, -0.15) is 0 Å². The molecule has 7 nitrogen and oxygen atoms in total. The summed E-state index contributed by atoms with van der Waals surface area (Å²) in [7, 11) is 0. The van der Waals surface area contributed by atoms with Gasteiger partial charge in [0.05, 0.1) is 23.5 Å². The van der Waals surface area contributed by atoms with Crippen molar-refractivity contribution in [2.75, 3.05) is 6.61 Å². The molecule has 1 amide bonds. The van der Waals surface area contributed by atoms with E-state index in [1.165, 1.54) is 4.90 Å². The molecule has 0 radical (unpaired) electrons. The number of aromatic nitrogens is 1. The quantitative estimate of drug-likeness (QED) is 0.609. The van der Waals surface area contributed by atoms with Crippen molar-refractivity contribution in [2.24, 2.45) is 0 Å². The number of cyclic esters (lactones) is 1. The maximum absolute atomic E-state index is 12.0. The number of nitrogens with zero attached hydrogens (tertiary/aromatic N) is 2. The summed E-state index contributed by atoms with van der Waals surface area (Å²) < 4.78 is 9.95. The van der Waals surface area contributed by atoms with Crippen LogP contribution in [0.2, 0.25) is 0 Å². The van der Waals surface area contributed by atoms with Gasteiger partial charge in [-0.3, -0.25) is 9.59 Å². The summed E-state index contributed by atoms with van der Waals surface area (Å²) in [5.41, 5.74) is 4.21. The minimum Gasteiger partial charge on any atom is -0.458 e. The van der Waals surface area contributed by atoms with Crippen molar-refractivity contribution in [3.63, 3.8) is 0 Å². The highest BCUT2D eigenvalue weighted by Crippen LogP contribution is 2.35. The van der Waals surface area contributed by atoms with Gasteiger partial charge in [-0.1, -0.05) is 18.2 Å². The zero-order valence-electron chi connectivity index (χ0n) is 14.5. The Kier molecular flexibility index (Phi) is 4.19. The number of fused-ring (bicyclic) bond motifs is 2. The molecule has 3 heterocycles. The molecule has 0 fully saturated rings. The summed E-state index contributed by atoms with van der Waals surface area (Å²) in [6.45, 7) is 2.50. The molecular formula is C20H16N2O5. The molecule has 0 saturated carbocycles. The third-order valence-corrected chi connectivity index (χ3v) is 4.73. The number of hydrogen-bond donors (Lipinski definition) is 0. The molecule has 0 aliphatic carbocycles. The highest BCUT2D eigenvalue weighted by atomic mass is 16.6. The summed E-state index contributed by atoms with van der Waals surface area (Å²) >= 11 is 0. The fourth-order valence-electron chi connectivity index (χ4n) is 3.37. The van der Waals surface area contributed by atoms with E-state index in [-0.39, 0.29) is 13.1 Å². The van der Waals surface area contributed by atoms with Crippen LogP contribution in [0.15, 0.2) is 47.6 Å². The number of esters is 1. The summed E-state index contributed by atoms with van der Waals surface area (Å²) in [5, 5.41) is 0.988. The van der Waals surface area contributed by atoms with E-state index in [0.717, 1.165) is 28.4 Å². The number of rotatable bonds is 4. The topological polar surface area (TPSA) is 85.8 Å². The maximum Gasteiger partial charge on any atom is 0.352 e. The van der Waals surface area contributed by atoms with Gasteiger partial charge in [-0.05, 0) is 30.7 Å². The van der Waals surface area contributed by atoms with E-state index in [9.17, 15) is 14.4 Å². The van der Waals surface area contributed by atoms with E-state index < -0.39 is 12.1 Å². The van der Waals surface area contributed by atoms with Crippen LogP contribution in [-0.4, -0.2) is 41.4 Å². The number of benzene rings is 1. The lowest BCUT2D eigenvalue weighted by atomic mass is 9.99. The molecule has 2 aliphatic heterocycles. The van der Waals surface area contributed by atoms with Gasteiger partial charge in [0, 0.05) is 16.5 Å². The van der Waals surface area contributed by atoms with E-state index in [1.54, 1.807) is 13.0 Å². The molecule has 1 unspecified atom stereocenters. The van der Waals surface area contributed by atoms with Gasteiger partial charge in [0.15, 0.2) is 0 Å². The van der Waals surface area contributed by atoms with Crippen molar-refractivity contribution in [2.45, 2.75) is 19.6 Å². The molecule has 1 atom stereocenters. The van der Waals surface area contributed by atoms with Crippen molar-refractivity contribution in [1.82, 2.24) is 9.88 Å². The Labute approximate surface area is 154 Å². The lowest BCUT2D eigenvalue weighted by Gasteiger charge is -2.24. The van der Waals surface area contributed by atoms with Gasteiger partial charge in [-0.15, -0.1) is 0 Å². The Bertz CT molecular complexity index is 1020. The highest BCUT2D eigenvalue weighted by Gasteiger charge is 2.33. The molecule has 1 aromatic heterocycles. The zero-order valence-corrected chi connectivity index (χ0v) is 14.5. The molecule has 0 saturated heterocycles. The van der Waals surface area contributed by atoms with Gasteiger partial charge >= 0.3 is 5.97 Å². The van der Waals surface area contributed by atoms with Crippen molar-refractivity contribution in [1.29, 1.82) is 0 Å². The fraction of sp³-hybridized carbons (Fsp3) is 0.200. The molecule has 0 bridgehead atoms. The molecular weight excluding hydrogens is 348 g/mol. The second-order valence-electron chi connectivity index (χ2n) is 6.41. The summed E-state index contributed by atoms with van der Waals surface area (Å²) in [5.74, 6) is -0.637. The van der Waals surface area contributed by atoms with Crippen LogP contribution in [0.25, 0.3) is 16.6 Å². The minimum atomic E-state index is -1.15. The van der Waals surface area contributed by atoms with Gasteiger partial charge in [0.25, 0.3) is 6.47 Å². The lowest BCUT2D eigenvalue weighted by molar-refractivity contribution is -0.159. The second-order valence-corrected chi connectivity index (χ2v) is 6.41. The predicted molar refractivity (Wildman–Crippen MR) is 95.9 cm³/mol. The van der Waals surface area contributed by atoms with Crippen molar-refractivity contribution in [3.8, 4) is 0 Å². The molecule has 2 aliphatic rings. The maximum atomic E-state index is 12.0. The summed E-state index contributed by atoms with van der Waals surface area (Å²) in [6, 6.07) is 9.70. The van der Waals surface area contributed by atoms with Crippen LogP contribution in [0.5, 0.6) is 0 Å². The minimum absolute atomic E-state index is 0.107. The van der Waals surface area contributed by atoms with Gasteiger partial charge < -0.3 is 14.4 Å². The van der Waals surface area contributed by atoms with E-state index in [4.69, 9.17) is 14.5 Å². The lowest BCUT2D eigenvalue weighted by Crippen LogP contribution is -2.33. The Morgan fingerprint density at radius 2 is 2.11 bits per heavy atom. The first-order valence-electron chi connectivity index (χ1n) is 8.40. The molecule has 2 aromatic rings. The first kappa shape index (κ1) is 17.0. The van der Waals surface area contributed by atoms with Crippen molar-refractivity contribution >= 4 is 35.5 Å². The van der Waals surface area contributed by atoms with Gasteiger partial charge in [0.2, 0.25) is 12.5 Å². The highest BCUT2D eigenvalue weighted by molar-refractivity contribution is 5.88. The molecule has 0 spiro atoms. The predicted octanol–water partition coefficient (Wildman–Crippen LogP) is 1.96. The van der Waals surface area contributed by atoms with Crippen LogP contribution in [0.1, 0.15) is 18.2 Å². The van der Waals surface area contributed by atoms with Crippen molar-refractivity contribution < 1.29 is 23.9 Å². The SMILES string of the molecule is CC1=C(/C=C2/c3nc4ccccc4cc3CN2C=O)C(OC=O)C(=O)OC1. The number of carbonyl (C=O) groups excluding carboxylic acids is 3. The van der Waals surface area contributed by atoms with Gasteiger partial charge in [0.1, 0.15) is 6.61 Å². The molecule has 0 N–H and O–H groups in total. The Balaban J connectivity index is 1.87. The Morgan fingerprint density at radius 1 is 1.30 bits per heavy atom. The first-order valence-corrected chi connectivity index (χ1v) is 8.40. The molecule has 4 rings (SSSR count). The average Bonchev–Trinajstić information content (AvgIpc) is 3.02.